The normalized spacial score (nSPS) is 31.2. The fourth-order valence-electron chi connectivity index (χ4n) is 1.93. The zero-order valence-electron chi connectivity index (χ0n) is 11.7. The van der Waals surface area contributed by atoms with E-state index in [1.807, 2.05) is 6.08 Å². The van der Waals surface area contributed by atoms with Crippen LogP contribution in [0.3, 0.4) is 0 Å². The first-order chi connectivity index (χ1) is 8.24. The molecule has 5 heteroatoms. The first-order valence-corrected chi connectivity index (χ1v) is 9.27. The Bertz CT molecular complexity index is 418. The molecule has 0 aromatic heterocycles. The van der Waals surface area contributed by atoms with E-state index in [9.17, 15) is 4.79 Å². The molecule has 0 saturated carbocycles. The maximum Gasteiger partial charge on any atom is 0.240 e. The van der Waals surface area contributed by atoms with Gasteiger partial charge in [-0.2, -0.15) is 4.99 Å². The summed E-state index contributed by atoms with van der Waals surface area (Å²) in [4.78, 5) is 14.1. The van der Waals surface area contributed by atoms with Gasteiger partial charge in [0.1, 0.15) is 6.10 Å². The Morgan fingerprint density at radius 1 is 1.50 bits per heavy atom. The molecular formula is C13H21NO3Si. The lowest BCUT2D eigenvalue weighted by atomic mass is 10.0. The minimum Gasteiger partial charge on any atom is -0.408 e. The number of fused-ring (bicyclic) bond motifs is 1. The van der Waals surface area contributed by atoms with E-state index >= 15 is 0 Å². The molecule has 2 rings (SSSR count). The number of aliphatic imine (C=N–C) groups is 1. The minimum absolute atomic E-state index is 0.0586. The van der Waals surface area contributed by atoms with Gasteiger partial charge in [-0.3, -0.25) is 0 Å². The third-order valence-corrected chi connectivity index (χ3v) is 8.61. The predicted molar refractivity (Wildman–Crippen MR) is 71.6 cm³/mol. The van der Waals surface area contributed by atoms with Crippen LogP contribution in [-0.4, -0.2) is 32.7 Å². The van der Waals surface area contributed by atoms with E-state index in [1.54, 1.807) is 6.08 Å². The Morgan fingerprint density at radius 2 is 2.17 bits per heavy atom. The van der Waals surface area contributed by atoms with Crippen molar-refractivity contribution in [1.29, 1.82) is 0 Å². The molecule has 0 aromatic rings. The molecule has 18 heavy (non-hydrogen) atoms. The Labute approximate surface area is 109 Å². The number of hydrogen-bond donors (Lipinski definition) is 0. The summed E-state index contributed by atoms with van der Waals surface area (Å²) in [5.41, 5.74) is 0.743. The largest absolute Gasteiger partial charge is 0.408 e. The molecule has 1 fully saturated rings. The highest BCUT2D eigenvalue weighted by molar-refractivity contribution is 6.74. The van der Waals surface area contributed by atoms with Crippen LogP contribution in [0.5, 0.6) is 0 Å². The van der Waals surface area contributed by atoms with E-state index in [2.05, 4.69) is 38.9 Å². The van der Waals surface area contributed by atoms with Gasteiger partial charge < -0.3 is 9.16 Å². The first kappa shape index (κ1) is 13.7. The summed E-state index contributed by atoms with van der Waals surface area (Å²) in [5.74, 6) is 0. The molecule has 1 heterocycles. The molecule has 100 valence electrons. The SMILES string of the molecule is CC(C)(C)[Si](C)(C)O[C@H]1C=C(N=C=O)C[C@H]2O[C@@H]12. The highest BCUT2D eigenvalue weighted by Crippen LogP contribution is 2.43. The van der Waals surface area contributed by atoms with Gasteiger partial charge >= 0.3 is 0 Å². The summed E-state index contributed by atoms with van der Waals surface area (Å²) < 4.78 is 11.9. The van der Waals surface area contributed by atoms with E-state index in [4.69, 9.17) is 9.16 Å². The van der Waals surface area contributed by atoms with Crippen molar-refractivity contribution in [2.75, 3.05) is 0 Å². The van der Waals surface area contributed by atoms with Gasteiger partial charge in [0.15, 0.2) is 8.32 Å². The van der Waals surface area contributed by atoms with Crippen molar-refractivity contribution in [3.8, 4) is 0 Å². The Balaban J connectivity index is 2.13. The zero-order valence-corrected chi connectivity index (χ0v) is 12.7. The lowest BCUT2D eigenvalue weighted by molar-refractivity contribution is 0.182. The smallest absolute Gasteiger partial charge is 0.240 e. The van der Waals surface area contributed by atoms with Gasteiger partial charge in [-0.25, -0.2) is 4.79 Å². The summed E-state index contributed by atoms with van der Waals surface area (Å²) in [6, 6.07) is 0. The van der Waals surface area contributed by atoms with Crippen LogP contribution >= 0.6 is 0 Å². The third-order valence-electron chi connectivity index (χ3n) is 4.14. The highest BCUT2D eigenvalue weighted by atomic mass is 28.4. The number of epoxide rings is 1. The summed E-state index contributed by atoms with van der Waals surface area (Å²) in [5, 5.41) is 0.163. The minimum atomic E-state index is -1.82. The first-order valence-electron chi connectivity index (χ1n) is 6.36. The molecule has 1 aliphatic heterocycles. The number of rotatable bonds is 3. The molecule has 0 N–H and O–H groups in total. The Morgan fingerprint density at radius 3 is 2.72 bits per heavy atom. The number of isocyanates is 1. The van der Waals surface area contributed by atoms with E-state index < -0.39 is 8.32 Å². The van der Waals surface area contributed by atoms with Crippen molar-refractivity contribution < 1.29 is 14.0 Å². The number of carbonyl (C=O) groups excluding carboxylic acids is 1. The summed E-state index contributed by atoms with van der Waals surface area (Å²) in [7, 11) is -1.82. The molecule has 0 amide bonds. The standard InChI is InChI=1S/C13H21NO3Si/c1-13(2,3)18(4,5)17-11-7-9(14-8-15)6-10-12(11)16-10/h7,10-12H,6H2,1-5H3/t10-,11+,12-/m1/s1. The van der Waals surface area contributed by atoms with Crippen LogP contribution in [0.4, 0.5) is 0 Å². The van der Waals surface area contributed by atoms with Crippen LogP contribution in [0.2, 0.25) is 18.1 Å². The second-order valence-electron chi connectivity index (χ2n) is 6.55. The van der Waals surface area contributed by atoms with E-state index in [0.717, 1.165) is 5.70 Å². The molecule has 0 aromatic carbocycles. The Hall–Kier alpha value is -0.743. The van der Waals surface area contributed by atoms with Crippen LogP contribution in [0.1, 0.15) is 27.2 Å². The molecule has 2 aliphatic rings. The Kier molecular flexibility index (Phi) is 3.36. The van der Waals surface area contributed by atoms with Crippen LogP contribution in [0, 0.1) is 0 Å². The second-order valence-corrected chi connectivity index (χ2v) is 11.3. The van der Waals surface area contributed by atoms with Crippen molar-refractivity contribution in [2.24, 2.45) is 4.99 Å². The molecule has 1 saturated heterocycles. The number of ether oxygens (including phenoxy) is 1. The van der Waals surface area contributed by atoms with Gasteiger partial charge in [0.25, 0.3) is 0 Å². The average molecular weight is 267 g/mol. The monoisotopic (exact) mass is 267 g/mol. The van der Waals surface area contributed by atoms with Gasteiger partial charge in [-0.1, -0.05) is 20.8 Å². The van der Waals surface area contributed by atoms with Crippen LogP contribution in [0.25, 0.3) is 0 Å². The fourth-order valence-corrected chi connectivity index (χ4v) is 3.16. The second kappa shape index (κ2) is 4.42. The molecule has 3 atom stereocenters. The van der Waals surface area contributed by atoms with Gasteiger partial charge in [0.05, 0.1) is 17.9 Å². The van der Waals surface area contributed by atoms with Gasteiger partial charge in [0.2, 0.25) is 6.08 Å². The molecular weight excluding hydrogens is 246 g/mol. The van der Waals surface area contributed by atoms with Crippen molar-refractivity contribution in [1.82, 2.24) is 0 Å². The van der Waals surface area contributed by atoms with Crippen molar-refractivity contribution >= 4 is 14.4 Å². The lowest BCUT2D eigenvalue weighted by Gasteiger charge is -2.38. The topological polar surface area (TPSA) is 51.2 Å². The number of hydrogen-bond acceptors (Lipinski definition) is 4. The quantitative estimate of drug-likeness (QED) is 0.342. The van der Waals surface area contributed by atoms with Crippen LogP contribution in [-0.2, 0) is 14.0 Å². The summed E-state index contributed by atoms with van der Waals surface area (Å²) in [6.07, 6.45) is 4.51. The molecule has 0 bridgehead atoms. The van der Waals surface area contributed by atoms with Crippen molar-refractivity contribution in [2.45, 2.75) is 63.6 Å². The van der Waals surface area contributed by atoms with Crippen molar-refractivity contribution in [3.63, 3.8) is 0 Å². The molecule has 0 spiro atoms. The van der Waals surface area contributed by atoms with E-state index in [-0.39, 0.29) is 23.4 Å². The average Bonchev–Trinajstić information content (AvgIpc) is 2.95. The van der Waals surface area contributed by atoms with E-state index in [1.165, 1.54) is 0 Å². The highest BCUT2D eigenvalue weighted by Gasteiger charge is 2.51. The van der Waals surface area contributed by atoms with Crippen LogP contribution in [0.15, 0.2) is 16.8 Å². The molecule has 0 radical (unpaired) electrons. The number of nitrogens with zero attached hydrogens (tertiary/aromatic N) is 1. The molecule has 1 aliphatic carbocycles. The zero-order chi connectivity index (χ0) is 13.6. The van der Waals surface area contributed by atoms with Gasteiger partial charge in [-0.05, 0) is 24.2 Å². The third kappa shape index (κ3) is 2.64. The van der Waals surface area contributed by atoms with Gasteiger partial charge in [-0.15, -0.1) is 0 Å². The fraction of sp³-hybridized carbons (Fsp3) is 0.769. The molecule has 4 nitrogen and oxygen atoms in total. The predicted octanol–water partition coefficient (Wildman–Crippen LogP) is 2.77. The maximum absolute atomic E-state index is 10.3. The van der Waals surface area contributed by atoms with E-state index in [0.29, 0.717) is 6.42 Å². The summed E-state index contributed by atoms with van der Waals surface area (Å²) in [6.45, 7) is 11.1. The lowest BCUT2D eigenvalue weighted by Crippen LogP contribution is -2.45. The maximum atomic E-state index is 10.3. The van der Waals surface area contributed by atoms with Crippen LogP contribution < -0.4 is 0 Å². The summed E-state index contributed by atoms with van der Waals surface area (Å²) >= 11 is 0. The van der Waals surface area contributed by atoms with Crippen molar-refractivity contribution in [3.05, 3.63) is 11.8 Å². The molecule has 0 unspecified atom stereocenters. The van der Waals surface area contributed by atoms with Gasteiger partial charge in [0, 0.05) is 6.42 Å².